The first-order valence-electron chi connectivity index (χ1n) is 4.88. The Bertz CT molecular complexity index is 307. The van der Waals surface area contributed by atoms with Gasteiger partial charge >= 0.3 is 0 Å². The van der Waals surface area contributed by atoms with Crippen LogP contribution in [0.3, 0.4) is 0 Å². The zero-order valence-corrected chi connectivity index (χ0v) is 11.2. The number of thioether (sulfide) groups is 1. The minimum absolute atomic E-state index is 0.770. The van der Waals surface area contributed by atoms with Crippen LogP contribution in [-0.2, 0) is 5.75 Å². The predicted octanol–water partition coefficient (Wildman–Crippen LogP) is 3.04. The molecule has 0 unspecified atom stereocenters. The van der Waals surface area contributed by atoms with Crippen molar-refractivity contribution in [1.29, 1.82) is 0 Å². The molecule has 0 radical (unpaired) electrons. The predicted molar refractivity (Wildman–Crippen MR) is 70.5 cm³/mol. The molecule has 0 atom stereocenters. The molecule has 0 spiro atoms. The summed E-state index contributed by atoms with van der Waals surface area (Å²) in [7, 11) is 1.69. The molecular formula is C11H16BrNOS. The number of ether oxygens (including phenoxy) is 1. The van der Waals surface area contributed by atoms with E-state index in [1.165, 1.54) is 5.56 Å². The third-order valence-corrected chi connectivity index (χ3v) is 3.87. The highest BCUT2D eigenvalue weighted by molar-refractivity contribution is 9.10. The second kappa shape index (κ2) is 7.14. The summed E-state index contributed by atoms with van der Waals surface area (Å²) in [4.78, 5) is 0. The maximum absolute atomic E-state index is 5.44. The van der Waals surface area contributed by atoms with Gasteiger partial charge in [0.05, 0.1) is 7.11 Å². The van der Waals surface area contributed by atoms with Gasteiger partial charge in [-0.1, -0.05) is 15.9 Å². The number of methoxy groups -OCH3 is 1. The summed E-state index contributed by atoms with van der Waals surface area (Å²) in [5, 5.41) is 0. The molecule has 0 bridgehead atoms. The van der Waals surface area contributed by atoms with Gasteiger partial charge in [-0.3, -0.25) is 0 Å². The molecule has 0 heterocycles. The molecule has 0 aliphatic carbocycles. The van der Waals surface area contributed by atoms with Gasteiger partial charge in [0.15, 0.2) is 0 Å². The van der Waals surface area contributed by atoms with Crippen molar-refractivity contribution < 1.29 is 4.74 Å². The van der Waals surface area contributed by atoms with Crippen LogP contribution in [0.5, 0.6) is 5.75 Å². The fourth-order valence-electron chi connectivity index (χ4n) is 1.16. The molecule has 2 N–H and O–H groups in total. The van der Waals surface area contributed by atoms with E-state index in [2.05, 4.69) is 22.0 Å². The molecule has 1 aromatic rings. The standard InChI is InChI=1S/C11H16BrNOS/c1-14-10-3-4-11(12)9(7-10)8-15-6-2-5-13/h3-4,7H,2,5-6,8,13H2,1H3. The smallest absolute Gasteiger partial charge is 0.119 e. The van der Waals surface area contributed by atoms with Crippen LogP contribution < -0.4 is 10.5 Å². The Hall–Kier alpha value is -0.190. The molecule has 1 aromatic carbocycles. The van der Waals surface area contributed by atoms with Gasteiger partial charge in [-0.15, -0.1) is 0 Å². The Labute approximate surface area is 104 Å². The lowest BCUT2D eigenvalue weighted by atomic mass is 10.2. The van der Waals surface area contributed by atoms with Crippen LogP contribution in [0.4, 0.5) is 0 Å². The van der Waals surface area contributed by atoms with Crippen LogP contribution in [0.25, 0.3) is 0 Å². The molecular weight excluding hydrogens is 274 g/mol. The van der Waals surface area contributed by atoms with Gasteiger partial charge in [0.1, 0.15) is 5.75 Å². The fourth-order valence-corrected chi connectivity index (χ4v) is 2.70. The van der Waals surface area contributed by atoms with Crippen molar-refractivity contribution in [3.8, 4) is 5.75 Å². The number of hydrogen-bond donors (Lipinski definition) is 1. The topological polar surface area (TPSA) is 35.2 Å². The molecule has 1 rings (SSSR count). The molecule has 15 heavy (non-hydrogen) atoms. The highest BCUT2D eigenvalue weighted by atomic mass is 79.9. The first kappa shape index (κ1) is 12.9. The first-order chi connectivity index (χ1) is 7.27. The molecule has 2 nitrogen and oxygen atoms in total. The average molecular weight is 290 g/mol. The van der Waals surface area contributed by atoms with Crippen LogP contribution >= 0.6 is 27.7 Å². The van der Waals surface area contributed by atoms with E-state index in [1.54, 1.807) is 7.11 Å². The van der Waals surface area contributed by atoms with Gasteiger partial charge in [0.25, 0.3) is 0 Å². The van der Waals surface area contributed by atoms with E-state index in [4.69, 9.17) is 10.5 Å². The van der Waals surface area contributed by atoms with Gasteiger partial charge in [0, 0.05) is 10.2 Å². The van der Waals surface area contributed by atoms with Crippen molar-refractivity contribution in [3.63, 3.8) is 0 Å². The molecule has 84 valence electrons. The van der Waals surface area contributed by atoms with Crippen molar-refractivity contribution in [2.75, 3.05) is 19.4 Å². The van der Waals surface area contributed by atoms with E-state index in [0.717, 1.165) is 34.7 Å². The summed E-state index contributed by atoms with van der Waals surface area (Å²) in [5.74, 6) is 3.02. The lowest BCUT2D eigenvalue weighted by molar-refractivity contribution is 0.414. The van der Waals surface area contributed by atoms with E-state index in [0.29, 0.717) is 0 Å². The van der Waals surface area contributed by atoms with Gasteiger partial charge < -0.3 is 10.5 Å². The second-order valence-electron chi connectivity index (χ2n) is 3.15. The van der Waals surface area contributed by atoms with E-state index in [9.17, 15) is 0 Å². The number of halogens is 1. The molecule has 0 fully saturated rings. The summed E-state index contributed by atoms with van der Waals surface area (Å²) in [6.07, 6.45) is 1.08. The van der Waals surface area contributed by atoms with Crippen molar-refractivity contribution >= 4 is 27.7 Å². The summed E-state index contributed by atoms with van der Waals surface area (Å²) in [6.45, 7) is 0.770. The third-order valence-electron chi connectivity index (χ3n) is 2.00. The molecule has 0 aliphatic rings. The second-order valence-corrected chi connectivity index (χ2v) is 5.11. The fraction of sp³-hybridized carbons (Fsp3) is 0.455. The maximum Gasteiger partial charge on any atom is 0.119 e. The quantitative estimate of drug-likeness (QED) is 0.818. The van der Waals surface area contributed by atoms with Crippen LogP contribution in [0.15, 0.2) is 22.7 Å². The van der Waals surface area contributed by atoms with Crippen LogP contribution in [0, 0.1) is 0 Å². The summed E-state index contributed by atoms with van der Waals surface area (Å²) in [5.41, 5.74) is 6.72. The van der Waals surface area contributed by atoms with Gasteiger partial charge in [-0.25, -0.2) is 0 Å². The number of hydrogen-bond acceptors (Lipinski definition) is 3. The zero-order chi connectivity index (χ0) is 11.1. The summed E-state index contributed by atoms with van der Waals surface area (Å²) >= 11 is 5.43. The van der Waals surface area contributed by atoms with E-state index < -0.39 is 0 Å². The van der Waals surface area contributed by atoms with E-state index in [1.807, 2.05) is 23.9 Å². The largest absolute Gasteiger partial charge is 0.497 e. The van der Waals surface area contributed by atoms with Gasteiger partial charge in [-0.2, -0.15) is 11.8 Å². The molecule has 0 aromatic heterocycles. The van der Waals surface area contributed by atoms with E-state index >= 15 is 0 Å². The van der Waals surface area contributed by atoms with Crippen LogP contribution in [-0.4, -0.2) is 19.4 Å². The van der Waals surface area contributed by atoms with Crippen molar-refractivity contribution in [2.45, 2.75) is 12.2 Å². The van der Waals surface area contributed by atoms with Crippen LogP contribution in [0.2, 0.25) is 0 Å². The number of rotatable bonds is 6. The highest BCUT2D eigenvalue weighted by Gasteiger charge is 2.02. The Morgan fingerprint density at radius 2 is 2.27 bits per heavy atom. The zero-order valence-electron chi connectivity index (χ0n) is 8.83. The summed E-state index contributed by atoms with van der Waals surface area (Å²) in [6, 6.07) is 6.05. The molecule has 0 amide bonds. The van der Waals surface area contributed by atoms with Crippen molar-refractivity contribution in [2.24, 2.45) is 5.73 Å². The number of nitrogens with two attached hydrogens (primary N) is 1. The van der Waals surface area contributed by atoms with Gasteiger partial charge in [0.2, 0.25) is 0 Å². The highest BCUT2D eigenvalue weighted by Crippen LogP contribution is 2.26. The maximum atomic E-state index is 5.44. The third kappa shape index (κ3) is 4.45. The number of benzene rings is 1. The Morgan fingerprint density at radius 1 is 1.47 bits per heavy atom. The monoisotopic (exact) mass is 289 g/mol. The minimum Gasteiger partial charge on any atom is -0.497 e. The van der Waals surface area contributed by atoms with Crippen LogP contribution in [0.1, 0.15) is 12.0 Å². The Kier molecular flexibility index (Phi) is 6.13. The normalized spacial score (nSPS) is 10.3. The minimum atomic E-state index is 0.770. The molecule has 0 saturated heterocycles. The lowest BCUT2D eigenvalue weighted by Gasteiger charge is -2.06. The average Bonchev–Trinajstić information content (AvgIpc) is 2.26. The van der Waals surface area contributed by atoms with Crippen molar-refractivity contribution in [3.05, 3.63) is 28.2 Å². The first-order valence-corrected chi connectivity index (χ1v) is 6.83. The van der Waals surface area contributed by atoms with Crippen molar-refractivity contribution in [1.82, 2.24) is 0 Å². The van der Waals surface area contributed by atoms with E-state index in [-0.39, 0.29) is 0 Å². The lowest BCUT2D eigenvalue weighted by Crippen LogP contribution is -1.99. The molecule has 4 heteroatoms. The Morgan fingerprint density at radius 3 is 2.93 bits per heavy atom. The SMILES string of the molecule is COc1ccc(Br)c(CSCCCN)c1. The molecule has 0 saturated carbocycles. The molecule has 0 aliphatic heterocycles. The van der Waals surface area contributed by atoms with Gasteiger partial charge in [-0.05, 0) is 42.5 Å². The summed E-state index contributed by atoms with van der Waals surface area (Å²) < 4.78 is 6.33. The Balaban J connectivity index is 2.51.